The van der Waals surface area contributed by atoms with E-state index in [0.29, 0.717) is 23.2 Å². The highest BCUT2D eigenvalue weighted by Crippen LogP contribution is 2.28. The number of benzene rings is 1. The molecule has 1 N–H and O–H groups in total. The first-order valence-electron chi connectivity index (χ1n) is 11.0. The predicted octanol–water partition coefficient (Wildman–Crippen LogP) is 5.16. The van der Waals surface area contributed by atoms with Gasteiger partial charge in [0.2, 0.25) is 5.91 Å². The van der Waals surface area contributed by atoms with Crippen molar-refractivity contribution in [1.29, 1.82) is 0 Å². The van der Waals surface area contributed by atoms with Crippen molar-refractivity contribution in [2.24, 2.45) is 5.92 Å². The van der Waals surface area contributed by atoms with Crippen molar-refractivity contribution in [3.05, 3.63) is 76.8 Å². The Kier molecular flexibility index (Phi) is 7.00. The third kappa shape index (κ3) is 5.62. The lowest BCUT2D eigenvalue weighted by Gasteiger charge is -2.33. The number of hydrogen-bond donors (Lipinski definition) is 1. The molecule has 1 atom stereocenters. The Labute approximate surface area is 194 Å². The molecule has 6 nitrogen and oxygen atoms in total. The van der Waals surface area contributed by atoms with Crippen LogP contribution in [0.3, 0.4) is 0 Å². The van der Waals surface area contributed by atoms with Crippen LogP contribution in [-0.2, 0) is 11.2 Å². The molecule has 32 heavy (non-hydrogen) atoms. The second-order valence-corrected chi connectivity index (χ2v) is 8.89. The number of piperidine rings is 1. The van der Waals surface area contributed by atoms with E-state index in [1.165, 1.54) is 0 Å². The van der Waals surface area contributed by atoms with E-state index in [9.17, 15) is 4.79 Å². The molecule has 2 aromatic heterocycles. The lowest BCUT2D eigenvalue weighted by molar-refractivity contribution is -0.136. The summed E-state index contributed by atoms with van der Waals surface area (Å²) in [5.74, 6) is 1.87. The SMILES string of the molecule is Cc1cccc(Nc2cncc(C3CCN(C(=O)C(C)Cc4cccc(Cl)c4)CC3)n2)n1. The minimum atomic E-state index is -0.0702. The lowest BCUT2D eigenvalue weighted by Crippen LogP contribution is -2.41. The zero-order valence-corrected chi connectivity index (χ0v) is 19.2. The Hall–Kier alpha value is -2.99. The van der Waals surface area contributed by atoms with E-state index in [1.54, 1.807) is 6.20 Å². The van der Waals surface area contributed by atoms with Crippen molar-refractivity contribution >= 4 is 29.1 Å². The van der Waals surface area contributed by atoms with Crippen molar-refractivity contribution < 1.29 is 4.79 Å². The van der Waals surface area contributed by atoms with Gasteiger partial charge in [-0.15, -0.1) is 0 Å². The van der Waals surface area contributed by atoms with Gasteiger partial charge in [-0.25, -0.2) is 9.97 Å². The smallest absolute Gasteiger partial charge is 0.225 e. The zero-order chi connectivity index (χ0) is 22.5. The number of carbonyl (C=O) groups is 1. The maximum atomic E-state index is 13.0. The van der Waals surface area contributed by atoms with Crippen molar-refractivity contribution in [3.63, 3.8) is 0 Å². The number of nitrogens with one attached hydrogen (secondary N) is 1. The van der Waals surface area contributed by atoms with Crippen LogP contribution in [0.15, 0.2) is 54.9 Å². The summed E-state index contributed by atoms with van der Waals surface area (Å²) in [5.41, 5.74) is 3.00. The van der Waals surface area contributed by atoms with Gasteiger partial charge in [-0.1, -0.05) is 36.7 Å². The van der Waals surface area contributed by atoms with Gasteiger partial charge in [0.15, 0.2) is 0 Å². The molecular formula is C25H28ClN5O. The average Bonchev–Trinajstić information content (AvgIpc) is 2.79. The first-order chi connectivity index (χ1) is 15.5. The normalized spacial score (nSPS) is 15.4. The topological polar surface area (TPSA) is 71.0 Å². The van der Waals surface area contributed by atoms with Gasteiger partial charge < -0.3 is 10.2 Å². The van der Waals surface area contributed by atoms with E-state index in [-0.39, 0.29) is 11.8 Å². The van der Waals surface area contributed by atoms with E-state index >= 15 is 0 Å². The van der Waals surface area contributed by atoms with Crippen LogP contribution in [0.4, 0.5) is 11.6 Å². The highest BCUT2D eigenvalue weighted by molar-refractivity contribution is 6.30. The number of aryl methyl sites for hydroxylation is 1. The van der Waals surface area contributed by atoms with Crippen molar-refractivity contribution in [3.8, 4) is 0 Å². The van der Waals surface area contributed by atoms with E-state index in [0.717, 1.165) is 48.7 Å². The molecule has 4 rings (SSSR count). The van der Waals surface area contributed by atoms with Crippen LogP contribution in [0, 0.1) is 12.8 Å². The molecule has 0 saturated carbocycles. The summed E-state index contributed by atoms with van der Waals surface area (Å²) in [6, 6.07) is 13.6. The maximum absolute atomic E-state index is 13.0. The van der Waals surface area contributed by atoms with Gasteiger partial charge in [0.25, 0.3) is 0 Å². The van der Waals surface area contributed by atoms with Gasteiger partial charge in [0.1, 0.15) is 11.6 Å². The fourth-order valence-corrected chi connectivity index (χ4v) is 4.41. The summed E-state index contributed by atoms with van der Waals surface area (Å²) in [6.07, 6.45) is 6.01. The molecule has 1 aromatic carbocycles. The fourth-order valence-electron chi connectivity index (χ4n) is 4.19. The van der Waals surface area contributed by atoms with Crippen LogP contribution in [0.5, 0.6) is 0 Å². The number of amides is 1. The molecule has 0 spiro atoms. The van der Waals surface area contributed by atoms with Crippen LogP contribution in [-0.4, -0.2) is 38.8 Å². The van der Waals surface area contributed by atoms with Crippen LogP contribution in [0.25, 0.3) is 0 Å². The number of hydrogen-bond acceptors (Lipinski definition) is 5. The number of halogens is 1. The number of nitrogens with zero attached hydrogens (tertiary/aromatic N) is 4. The molecule has 1 unspecified atom stereocenters. The number of pyridine rings is 1. The summed E-state index contributed by atoms with van der Waals surface area (Å²) < 4.78 is 0. The van der Waals surface area contributed by atoms with E-state index in [1.807, 2.05) is 67.4 Å². The molecule has 3 heterocycles. The molecule has 1 aliphatic heterocycles. The number of carbonyl (C=O) groups excluding carboxylic acids is 1. The number of anilines is 2. The average molecular weight is 450 g/mol. The van der Waals surface area contributed by atoms with Crippen LogP contribution in [0.1, 0.15) is 42.6 Å². The molecule has 1 saturated heterocycles. The molecule has 3 aromatic rings. The Morgan fingerprint density at radius 2 is 1.91 bits per heavy atom. The van der Waals surface area contributed by atoms with Gasteiger partial charge in [-0.2, -0.15) is 0 Å². The lowest BCUT2D eigenvalue weighted by atomic mass is 9.92. The Morgan fingerprint density at radius 1 is 1.12 bits per heavy atom. The highest BCUT2D eigenvalue weighted by atomic mass is 35.5. The molecular weight excluding hydrogens is 422 g/mol. The Balaban J connectivity index is 1.33. The van der Waals surface area contributed by atoms with Gasteiger partial charge in [0.05, 0.1) is 11.9 Å². The molecule has 0 radical (unpaired) electrons. The second kappa shape index (κ2) is 10.1. The van der Waals surface area contributed by atoms with Gasteiger partial charge >= 0.3 is 0 Å². The summed E-state index contributed by atoms with van der Waals surface area (Å²) >= 11 is 6.08. The first-order valence-corrected chi connectivity index (χ1v) is 11.4. The minimum absolute atomic E-state index is 0.0702. The third-order valence-electron chi connectivity index (χ3n) is 5.88. The summed E-state index contributed by atoms with van der Waals surface area (Å²) in [5, 5.41) is 3.94. The van der Waals surface area contributed by atoms with E-state index < -0.39 is 0 Å². The second-order valence-electron chi connectivity index (χ2n) is 8.45. The quantitative estimate of drug-likeness (QED) is 0.562. The van der Waals surface area contributed by atoms with E-state index in [4.69, 9.17) is 16.6 Å². The molecule has 0 aliphatic carbocycles. The van der Waals surface area contributed by atoms with Crippen molar-refractivity contribution in [2.45, 2.75) is 39.0 Å². The predicted molar refractivity (Wildman–Crippen MR) is 127 cm³/mol. The van der Waals surface area contributed by atoms with Crippen molar-refractivity contribution in [1.82, 2.24) is 19.9 Å². The fraction of sp³-hybridized carbons (Fsp3) is 0.360. The van der Waals surface area contributed by atoms with Gasteiger partial charge in [-0.05, 0) is 56.0 Å². The Bertz CT molecular complexity index is 1080. The van der Waals surface area contributed by atoms with Crippen molar-refractivity contribution in [2.75, 3.05) is 18.4 Å². The maximum Gasteiger partial charge on any atom is 0.225 e. The monoisotopic (exact) mass is 449 g/mol. The zero-order valence-electron chi connectivity index (χ0n) is 18.5. The summed E-state index contributed by atoms with van der Waals surface area (Å²) in [6.45, 7) is 5.43. The first kappa shape index (κ1) is 22.2. The summed E-state index contributed by atoms with van der Waals surface area (Å²) in [7, 11) is 0. The number of aromatic nitrogens is 3. The molecule has 166 valence electrons. The van der Waals surface area contributed by atoms with E-state index in [2.05, 4.69) is 15.3 Å². The minimum Gasteiger partial charge on any atom is -0.342 e. The highest BCUT2D eigenvalue weighted by Gasteiger charge is 2.27. The number of likely N-dealkylation sites (tertiary alicyclic amines) is 1. The van der Waals surface area contributed by atoms with Gasteiger partial charge in [0, 0.05) is 41.8 Å². The molecule has 1 fully saturated rings. The molecule has 1 aliphatic rings. The van der Waals surface area contributed by atoms with Crippen LogP contribution >= 0.6 is 11.6 Å². The molecule has 1 amide bonds. The Morgan fingerprint density at radius 3 is 2.66 bits per heavy atom. The standard InChI is InChI=1S/C25H28ClN5O/c1-17(13-19-6-4-7-21(26)14-19)25(32)31-11-9-20(10-12-31)22-15-27-16-24(29-22)30-23-8-3-5-18(2)28-23/h3-8,14-17,20H,9-13H2,1-2H3,(H,28,29,30). The third-order valence-corrected chi connectivity index (χ3v) is 6.11. The largest absolute Gasteiger partial charge is 0.342 e. The number of rotatable bonds is 6. The van der Waals surface area contributed by atoms with Gasteiger partial charge in [-0.3, -0.25) is 9.78 Å². The van der Waals surface area contributed by atoms with Crippen LogP contribution < -0.4 is 5.32 Å². The summed E-state index contributed by atoms with van der Waals surface area (Å²) in [4.78, 5) is 28.5. The molecule has 0 bridgehead atoms. The van der Waals surface area contributed by atoms with Crippen LogP contribution in [0.2, 0.25) is 5.02 Å². The molecule has 7 heteroatoms.